The van der Waals surface area contributed by atoms with Gasteiger partial charge in [0.25, 0.3) is 11.8 Å². The van der Waals surface area contributed by atoms with Crippen molar-refractivity contribution in [2.45, 2.75) is 45.1 Å². The van der Waals surface area contributed by atoms with Gasteiger partial charge >= 0.3 is 0 Å². The highest BCUT2D eigenvalue weighted by Crippen LogP contribution is 2.39. The molecular formula is C24H24N2O5S. The van der Waals surface area contributed by atoms with Crippen LogP contribution in [0.1, 0.15) is 56.2 Å². The Morgan fingerprint density at radius 2 is 2.06 bits per heavy atom. The molecule has 1 aliphatic heterocycles. The first-order valence-electron chi connectivity index (χ1n) is 10.9. The Morgan fingerprint density at radius 1 is 1.19 bits per heavy atom. The van der Waals surface area contributed by atoms with E-state index in [0.29, 0.717) is 28.1 Å². The number of carbonyl (C=O) groups is 2. The van der Waals surface area contributed by atoms with Crippen LogP contribution in [0.4, 0.5) is 5.00 Å². The highest BCUT2D eigenvalue weighted by Gasteiger charge is 2.29. The highest BCUT2D eigenvalue weighted by molar-refractivity contribution is 7.17. The molecule has 0 bridgehead atoms. The Morgan fingerprint density at radius 3 is 2.88 bits per heavy atom. The van der Waals surface area contributed by atoms with E-state index in [-0.39, 0.29) is 23.2 Å². The van der Waals surface area contributed by atoms with Crippen molar-refractivity contribution in [2.24, 2.45) is 0 Å². The molecule has 32 heavy (non-hydrogen) atoms. The quantitative estimate of drug-likeness (QED) is 0.614. The lowest BCUT2D eigenvalue weighted by Crippen LogP contribution is -2.32. The molecule has 1 atom stereocenters. The third-order valence-corrected chi connectivity index (χ3v) is 7.27. The number of fused-ring (bicyclic) bond motifs is 2. The van der Waals surface area contributed by atoms with Crippen LogP contribution in [0.2, 0.25) is 0 Å². The fourth-order valence-corrected chi connectivity index (χ4v) is 5.71. The number of rotatable bonds is 5. The molecule has 3 heterocycles. The summed E-state index contributed by atoms with van der Waals surface area (Å²) in [5.74, 6) is -0.817. The zero-order valence-corrected chi connectivity index (χ0v) is 18.6. The van der Waals surface area contributed by atoms with E-state index in [2.05, 4.69) is 10.6 Å². The van der Waals surface area contributed by atoms with Gasteiger partial charge < -0.3 is 19.8 Å². The molecule has 7 nitrogen and oxygen atoms in total. The predicted molar refractivity (Wildman–Crippen MR) is 123 cm³/mol. The normalized spacial score (nSPS) is 17.5. The summed E-state index contributed by atoms with van der Waals surface area (Å²) in [6, 6.07) is 6.49. The summed E-state index contributed by atoms with van der Waals surface area (Å²) in [7, 11) is 0. The molecule has 1 fully saturated rings. The van der Waals surface area contributed by atoms with Gasteiger partial charge in [0.2, 0.25) is 0 Å². The second kappa shape index (κ2) is 8.52. The summed E-state index contributed by atoms with van der Waals surface area (Å²) in [4.78, 5) is 39.7. The standard InChI is InChI=1S/C24H24N2O5S/c1-13-5-2-7-15-17(27)11-18(31-21(13)15)22(28)26-24-20(16-8-3-9-19(16)32-24)23(29)25-12-14-6-4-10-30-14/h2,5,7,11,14H,3-4,6,8-10,12H2,1H3,(H,25,29)(H,26,28)/t14-/m1/s1. The van der Waals surface area contributed by atoms with E-state index in [9.17, 15) is 14.4 Å². The number of benzene rings is 1. The maximum Gasteiger partial charge on any atom is 0.292 e. The average molecular weight is 453 g/mol. The molecule has 2 amide bonds. The number of hydrogen-bond donors (Lipinski definition) is 2. The van der Waals surface area contributed by atoms with Gasteiger partial charge in [-0.05, 0) is 56.2 Å². The number of thiophene rings is 1. The van der Waals surface area contributed by atoms with Crippen molar-refractivity contribution in [1.82, 2.24) is 5.32 Å². The van der Waals surface area contributed by atoms with Crippen LogP contribution in [-0.4, -0.2) is 31.1 Å². The van der Waals surface area contributed by atoms with E-state index in [0.717, 1.165) is 54.7 Å². The van der Waals surface area contributed by atoms with Gasteiger partial charge in [-0.15, -0.1) is 11.3 Å². The molecule has 0 unspecified atom stereocenters. The van der Waals surface area contributed by atoms with E-state index >= 15 is 0 Å². The van der Waals surface area contributed by atoms with Crippen molar-refractivity contribution < 1.29 is 18.7 Å². The highest BCUT2D eigenvalue weighted by atomic mass is 32.1. The minimum atomic E-state index is -0.541. The van der Waals surface area contributed by atoms with Crippen molar-refractivity contribution in [3.8, 4) is 0 Å². The summed E-state index contributed by atoms with van der Waals surface area (Å²) in [5.41, 5.74) is 2.43. The first kappa shape index (κ1) is 20.9. The minimum Gasteiger partial charge on any atom is -0.450 e. The molecule has 5 rings (SSSR count). The molecule has 8 heteroatoms. The van der Waals surface area contributed by atoms with Crippen LogP contribution in [-0.2, 0) is 17.6 Å². The summed E-state index contributed by atoms with van der Waals surface area (Å²) in [6.45, 7) is 3.01. The summed E-state index contributed by atoms with van der Waals surface area (Å²) in [5, 5.41) is 6.73. The molecule has 2 aromatic heterocycles. The molecule has 3 aromatic rings. The average Bonchev–Trinajstić information content (AvgIpc) is 3.50. The lowest BCUT2D eigenvalue weighted by atomic mass is 10.1. The van der Waals surface area contributed by atoms with Crippen LogP contribution in [0, 0.1) is 6.92 Å². The second-order valence-corrected chi connectivity index (χ2v) is 9.39. The van der Waals surface area contributed by atoms with Crippen LogP contribution in [0.15, 0.2) is 33.5 Å². The Hall–Kier alpha value is -2.97. The summed E-state index contributed by atoms with van der Waals surface area (Å²) in [6.07, 6.45) is 4.69. The number of ether oxygens (including phenoxy) is 1. The Labute approximate surface area is 188 Å². The number of nitrogens with one attached hydrogen (secondary N) is 2. The van der Waals surface area contributed by atoms with E-state index in [1.807, 2.05) is 13.0 Å². The number of hydrogen-bond acceptors (Lipinski definition) is 6. The Kier molecular flexibility index (Phi) is 5.57. The molecule has 0 saturated carbocycles. The van der Waals surface area contributed by atoms with Crippen LogP contribution in [0.5, 0.6) is 0 Å². The van der Waals surface area contributed by atoms with Crippen molar-refractivity contribution in [3.63, 3.8) is 0 Å². The Balaban J connectivity index is 1.42. The summed E-state index contributed by atoms with van der Waals surface area (Å²) >= 11 is 1.43. The number of carbonyl (C=O) groups excluding carboxylic acids is 2. The topological polar surface area (TPSA) is 97.6 Å². The van der Waals surface area contributed by atoms with Gasteiger partial charge in [-0.3, -0.25) is 14.4 Å². The smallest absolute Gasteiger partial charge is 0.292 e. The first-order chi connectivity index (χ1) is 15.5. The van der Waals surface area contributed by atoms with E-state index in [1.54, 1.807) is 12.1 Å². The van der Waals surface area contributed by atoms with Gasteiger partial charge in [-0.1, -0.05) is 12.1 Å². The molecule has 2 aliphatic rings. The zero-order valence-electron chi connectivity index (χ0n) is 17.8. The van der Waals surface area contributed by atoms with Gasteiger partial charge in [-0.25, -0.2) is 0 Å². The largest absolute Gasteiger partial charge is 0.450 e. The predicted octanol–water partition coefficient (Wildman–Crippen LogP) is 3.81. The lowest BCUT2D eigenvalue weighted by molar-refractivity contribution is 0.0858. The number of amides is 2. The van der Waals surface area contributed by atoms with Crippen LogP contribution < -0.4 is 16.1 Å². The van der Waals surface area contributed by atoms with Crippen LogP contribution >= 0.6 is 11.3 Å². The number of aryl methyl sites for hydroxylation is 2. The third-order valence-electron chi connectivity index (χ3n) is 6.07. The number of anilines is 1. The third kappa shape index (κ3) is 3.84. The molecule has 1 saturated heterocycles. The monoisotopic (exact) mass is 452 g/mol. The van der Waals surface area contributed by atoms with Gasteiger partial charge in [0.15, 0.2) is 11.2 Å². The lowest BCUT2D eigenvalue weighted by Gasteiger charge is -2.12. The van der Waals surface area contributed by atoms with Gasteiger partial charge in [0, 0.05) is 24.1 Å². The van der Waals surface area contributed by atoms with Crippen molar-refractivity contribution in [3.05, 3.63) is 61.8 Å². The molecular weight excluding hydrogens is 428 g/mol. The van der Waals surface area contributed by atoms with Gasteiger partial charge in [0.1, 0.15) is 10.6 Å². The molecule has 0 radical (unpaired) electrons. The van der Waals surface area contributed by atoms with E-state index < -0.39 is 5.91 Å². The van der Waals surface area contributed by atoms with Gasteiger partial charge in [0.05, 0.1) is 17.1 Å². The zero-order chi connectivity index (χ0) is 22.2. The summed E-state index contributed by atoms with van der Waals surface area (Å²) < 4.78 is 11.4. The van der Waals surface area contributed by atoms with E-state index in [4.69, 9.17) is 9.15 Å². The van der Waals surface area contributed by atoms with Crippen molar-refractivity contribution in [2.75, 3.05) is 18.5 Å². The van der Waals surface area contributed by atoms with Gasteiger partial charge in [-0.2, -0.15) is 0 Å². The first-order valence-corrected chi connectivity index (χ1v) is 11.7. The molecule has 0 spiro atoms. The van der Waals surface area contributed by atoms with Crippen molar-refractivity contribution >= 4 is 39.1 Å². The molecule has 1 aliphatic carbocycles. The van der Waals surface area contributed by atoms with Crippen LogP contribution in [0.3, 0.4) is 0 Å². The second-order valence-electron chi connectivity index (χ2n) is 8.29. The van der Waals surface area contributed by atoms with Crippen LogP contribution in [0.25, 0.3) is 11.0 Å². The molecule has 166 valence electrons. The molecule has 2 N–H and O–H groups in total. The SMILES string of the molecule is Cc1cccc2c(=O)cc(C(=O)Nc3sc4c(c3C(=O)NC[C@H]3CCCO3)CCC4)oc12. The fraction of sp³-hybridized carbons (Fsp3) is 0.375. The maximum absolute atomic E-state index is 13.0. The number of para-hydroxylation sites is 1. The van der Waals surface area contributed by atoms with E-state index in [1.165, 1.54) is 17.4 Å². The Bertz CT molecular complexity index is 1270. The molecule has 1 aromatic carbocycles. The van der Waals surface area contributed by atoms with Crippen molar-refractivity contribution in [1.29, 1.82) is 0 Å². The minimum absolute atomic E-state index is 0.0405. The maximum atomic E-state index is 13.0. The fourth-order valence-electron chi connectivity index (χ4n) is 4.43.